The van der Waals surface area contributed by atoms with Gasteiger partial charge in [-0.05, 0) is 25.3 Å². The second-order valence-electron chi connectivity index (χ2n) is 6.91. The molecule has 0 bridgehead atoms. The zero-order valence-corrected chi connectivity index (χ0v) is 16.0. The Kier molecular flexibility index (Phi) is 4.64. The standard InChI is InChI=1S/C21H23N3OS/c1-15-19(16-6-4-3-5-7-16)18(14-26-15)21(25)24-11-8-17(9-12-24)20-22-10-13-23(20)2/h3-7,10,13-14,17H,8-9,11-12H2,1-2H3. The number of aryl methyl sites for hydroxylation is 2. The number of piperidine rings is 1. The lowest BCUT2D eigenvalue weighted by Crippen LogP contribution is -2.38. The van der Waals surface area contributed by atoms with Crippen LogP contribution in [0.2, 0.25) is 0 Å². The maximum atomic E-state index is 13.2. The number of hydrogen-bond donors (Lipinski definition) is 0. The Hall–Kier alpha value is -2.40. The fourth-order valence-electron chi connectivity index (χ4n) is 3.86. The third kappa shape index (κ3) is 3.07. The minimum atomic E-state index is 0.159. The van der Waals surface area contributed by atoms with Crippen LogP contribution in [0.15, 0.2) is 48.1 Å². The molecule has 4 rings (SSSR count). The van der Waals surface area contributed by atoms with Crippen molar-refractivity contribution in [1.82, 2.24) is 14.5 Å². The largest absolute Gasteiger partial charge is 0.339 e. The molecule has 0 atom stereocenters. The van der Waals surface area contributed by atoms with Crippen molar-refractivity contribution >= 4 is 17.2 Å². The summed E-state index contributed by atoms with van der Waals surface area (Å²) in [6, 6.07) is 10.2. The molecule has 0 radical (unpaired) electrons. The average molecular weight is 366 g/mol. The number of hydrogen-bond acceptors (Lipinski definition) is 3. The highest BCUT2D eigenvalue weighted by Crippen LogP contribution is 2.34. The van der Waals surface area contributed by atoms with E-state index in [1.807, 2.05) is 47.9 Å². The number of nitrogens with zero attached hydrogens (tertiary/aromatic N) is 3. The molecule has 5 heteroatoms. The topological polar surface area (TPSA) is 38.1 Å². The number of carbonyl (C=O) groups excluding carboxylic acids is 1. The monoisotopic (exact) mass is 365 g/mol. The molecule has 3 heterocycles. The van der Waals surface area contributed by atoms with Crippen molar-refractivity contribution in [2.24, 2.45) is 7.05 Å². The second kappa shape index (κ2) is 7.08. The third-order valence-electron chi connectivity index (χ3n) is 5.27. The van der Waals surface area contributed by atoms with Gasteiger partial charge in [0.15, 0.2) is 0 Å². The van der Waals surface area contributed by atoms with Crippen LogP contribution in [0.3, 0.4) is 0 Å². The van der Waals surface area contributed by atoms with E-state index in [1.165, 1.54) is 4.88 Å². The van der Waals surface area contributed by atoms with Gasteiger partial charge in [0.05, 0.1) is 5.56 Å². The first-order valence-corrected chi connectivity index (χ1v) is 9.93. The van der Waals surface area contributed by atoms with Gasteiger partial charge in [0.2, 0.25) is 0 Å². The van der Waals surface area contributed by atoms with Gasteiger partial charge in [0.1, 0.15) is 5.82 Å². The van der Waals surface area contributed by atoms with Crippen LogP contribution >= 0.6 is 11.3 Å². The molecule has 0 saturated carbocycles. The first kappa shape index (κ1) is 17.0. The quantitative estimate of drug-likeness (QED) is 0.686. The number of likely N-dealkylation sites (tertiary alicyclic amines) is 1. The summed E-state index contributed by atoms with van der Waals surface area (Å²) in [4.78, 5) is 20.9. The van der Waals surface area contributed by atoms with Crippen molar-refractivity contribution in [3.63, 3.8) is 0 Å². The molecule has 134 valence electrons. The Bertz CT molecular complexity index is 904. The molecule has 1 aliphatic heterocycles. The summed E-state index contributed by atoms with van der Waals surface area (Å²) in [6.45, 7) is 3.68. The van der Waals surface area contributed by atoms with E-state index in [-0.39, 0.29) is 5.91 Å². The molecule has 2 aromatic heterocycles. The smallest absolute Gasteiger partial charge is 0.255 e. The van der Waals surface area contributed by atoms with Crippen LogP contribution in [0.4, 0.5) is 0 Å². The van der Waals surface area contributed by atoms with Crippen molar-refractivity contribution in [2.75, 3.05) is 13.1 Å². The SMILES string of the molecule is Cc1scc(C(=O)N2CCC(c3nccn3C)CC2)c1-c1ccccc1. The molecule has 4 nitrogen and oxygen atoms in total. The Morgan fingerprint density at radius 3 is 2.58 bits per heavy atom. The Morgan fingerprint density at radius 2 is 1.92 bits per heavy atom. The fourth-order valence-corrected chi connectivity index (χ4v) is 4.72. The van der Waals surface area contributed by atoms with Gasteiger partial charge < -0.3 is 9.47 Å². The number of amides is 1. The van der Waals surface area contributed by atoms with Gasteiger partial charge in [0.25, 0.3) is 5.91 Å². The molecule has 0 N–H and O–H groups in total. The molecule has 0 aliphatic carbocycles. The first-order valence-electron chi connectivity index (χ1n) is 9.05. The van der Waals surface area contributed by atoms with Crippen LogP contribution < -0.4 is 0 Å². The zero-order valence-electron chi connectivity index (χ0n) is 15.2. The lowest BCUT2D eigenvalue weighted by molar-refractivity contribution is 0.0712. The highest BCUT2D eigenvalue weighted by Gasteiger charge is 2.28. The predicted molar refractivity (Wildman–Crippen MR) is 106 cm³/mol. The van der Waals surface area contributed by atoms with Crippen LogP contribution in [-0.2, 0) is 7.05 Å². The average Bonchev–Trinajstić information content (AvgIpc) is 3.27. The number of benzene rings is 1. The number of thiophene rings is 1. The van der Waals surface area contributed by atoms with Crippen LogP contribution in [0, 0.1) is 6.92 Å². The molecular weight excluding hydrogens is 342 g/mol. The van der Waals surface area contributed by atoms with E-state index < -0.39 is 0 Å². The van der Waals surface area contributed by atoms with E-state index in [0.29, 0.717) is 5.92 Å². The summed E-state index contributed by atoms with van der Waals surface area (Å²) in [7, 11) is 2.04. The van der Waals surface area contributed by atoms with Crippen LogP contribution in [-0.4, -0.2) is 33.4 Å². The van der Waals surface area contributed by atoms with E-state index >= 15 is 0 Å². The lowest BCUT2D eigenvalue weighted by atomic mass is 9.94. The predicted octanol–water partition coefficient (Wildman–Crippen LogP) is 4.48. The Labute approximate surface area is 158 Å². The van der Waals surface area contributed by atoms with Crippen molar-refractivity contribution in [2.45, 2.75) is 25.7 Å². The maximum absolute atomic E-state index is 13.2. The van der Waals surface area contributed by atoms with E-state index in [2.05, 4.69) is 28.6 Å². The normalized spacial score (nSPS) is 15.4. The molecule has 3 aromatic rings. The van der Waals surface area contributed by atoms with Gasteiger partial charge in [-0.1, -0.05) is 30.3 Å². The van der Waals surface area contributed by atoms with Crippen LogP contribution in [0.5, 0.6) is 0 Å². The van der Waals surface area contributed by atoms with E-state index in [9.17, 15) is 4.79 Å². The zero-order chi connectivity index (χ0) is 18.1. The molecule has 1 aliphatic rings. The van der Waals surface area contributed by atoms with Crippen LogP contribution in [0.25, 0.3) is 11.1 Å². The van der Waals surface area contributed by atoms with Gasteiger partial charge in [-0.3, -0.25) is 4.79 Å². The molecule has 1 aromatic carbocycles. The minimum Gasteiger partial charge on any atom is -0.339 e. The van der Waals surface area contributed by atoms with Gasteiger partial charge in [-0.15, -0.1) is 11.3 Å². The summed E-state index contributed by atoms with van der Waals surface area (Å²) in [6.07, 6.45) is 5.79. The highest BCUT2D eigenvalue weighted by atomic mass is 32.1. The van der Waals surface area contributed by atoms with Crippen molar-refractivity contribution < 1.29 is 4.79 Å². The fraction of sp³-hybridized carbons (Fsp3) is 0.333. The third-order valence-corrected chi connectivity index (χ3v) is 6.18. The first-order chi connectivity index (χ1) is 12.6. The molecule has 0 spiro atoms. The molecule has 1 fully saturated rings. The van der Waals surface area contributed by atoms with Gasteiger partial charge in [-0.25, -0.2) is 4.98 Å². The van der Waals surface area contributed by atoms with Gasteiger partial charge >= 0.3 is 0 Å². The van der Waals surface area contributed by atoms with E-state index in [0.717, 1.165) is 48.4 Å². The van der Waals surface area contributed by atoms with Crippen molar-refractivity contribution in [3.8, 4) is 11.1 Å². The highest BCUT2D eigenvalue weighted by molar-refractivity contribution is 7.10. The van der Waals surface area contributed by atoms with Crippen LogP contribution in [0.1, 0.15) is 39.8 Å². The lowest BCUT2D eigenvalue weighted by Gasteiger charge is -2.32. The molecule has 26 heavy (non-hydrogen) atoms. The summed E-state index contributed by atoms with van der Waals surface area (Å²) in [5.41, 5.74) is 3.05. The number of rotatable bonds is 3. The number of aromatic nitrogens is 2. The Morgan fingerprint density at radius 1 is 1.19 bits per heavy atom. The van der Waals surface area contributed by atoms with Gasteiger partial charge in [-0.2, -0.15) is 0 Å². The van der Waals surface area contributed by atoms with E-state index in [1.54, 1.807) is 11.3 Å². The van der Waals surface area contributed by atoms with Crippen molar-refractivity contribution in [3.05, 3.63) is 64.4 Å². The minimum absolute atomic E-state index is 0.159. The second-order valence-corrected chi connectivity index (χ2v) is 7.99. The molecule has 0 unspecified atom stereocenters. The molecule has 1 saturated heterocycles. The molecular formula is C21H23N3OS. The van der Waals surface area contributed by atoms with E-state index in [4.69, 9.17) is 0 Å². The Balaban J connectivity index is 1.52. The van der Waals surface area contributed by atoms with Crippen molar-refractivity contribution in [1.29, 1.82) is 0 Å². The summed E-state index contributed by atoms with van der Waals surface area (Å²) in [5.74, 6) is 1.73. The maximum Gasteiger partial charge on any atom is 0.255 e. The summed E-state index contributed by atoms with van der Waals surface area (Å²) in [5, 5.41) is 2.02. The summed E-state index contributed by atoms with van der Waals surface area (Å²) >= 11 is 1.66. The van der Waals surface area contributed by atoms with Gasteiger partial charge in [0, 0.05) is 54.3 Å². The molecule has 1 amide bonds. The number of imidazole rings is 1. The number of carbonyl (C=O) groups is 1. The summed E-state index contributed by atoms with van der Waals surface area (Å²) < 4.78 is 2.10.